The topological polar surface area (TPSA) is 53.4 Å². The van der Waals surface area contributed by atoms with Crippen LogP contribution in [-0.2, 0) is 5.41 Å². The molecular weight excluding hydrogens is 202 g/mol. The van der Waals surface area contributed by atoms with Crippen LogP contribution in [0, 0.1) is 0 Å². The largest absolute Gasteiger partial charge is 0.506 e. The molecule has 2 rings (SSSR count). The number of hydrogen-bond acceptors (Lipinski definition) is 3. The van der Waals surface area contributed by atoms with Crippen molar-refractivity contribution in [3.05, 3.63) is 30.0 Å². The Kier molecular flexibility index (Phi) is 2.26. The zero-order chi connectivity index (χ0) is 11.9. The molecule has 0 spiro atoms. The van der Waals surface area contributed by atoms with E-state index in [2.05, 4.69) is 4.98 Å². The van der Waals surface area contributed by atoms with E-state index in [4.69, 9.17) is 0 Å². The molecule has 3 heteroatoms. The summed E-state index contributed by atoms with van der Waals surface area (Å²) in [6, 6.07) is 5.22. The Labute approximate surface area is 94.4 Å². The number of phenols is 1. The molecule has 16 heavy (non-hydrogen) atoms. The van der Waals surface area contributed by atoms with Crippen LogP contribution in [0.1, 0.15) is 26.3 Å². The zero-order valence-corrected chi connectivity index (χ0v) is 9.65. The summed E-state index contributed by atoms with van der Waals surface area (Å²) in [7, 11) is 0. The molecule has 1 aromatic carbocycles. The highest BCUT2D eigenvalue weighted by molar-refractivity contribution is 5.89. The van der Waals surface area contributed by atoms with Gasteiger partial charge in [0.15, 0.2) is 0 Å². The Balaban J connectivity index is 2.91. The molecule has 0 atom stereocenters. The summed E-state index contributed by atoms with van der Waals surface area (Å²) in [5.41, 5.74) is 1.15. The van der Waals surface area contributed by atoms with E-state index < -0.39 is 0 Å². The van der Waals surface area contributed by atoms with Gasteiger partial charge in [-0.15, -0.1) is 0 Å². The van der Waals surface area contributed by atoms with Crippen molar-refractivity contribution in [1.29, 1.82) is 0 Å². The minimum absolute atomic E-state index is 0.142. The van der Waals surface area contributed by atoms with Crippen molar-refractivity contribution in [2.24, 2.45) is 0 Å². The van der Waals surface area contributed by atoms with Crippen LogP contribution in [0.2, 0.25) is 0 Å². The van der Waals surface area contributed by atoms with Gasteiger partial charge in [0.05, 0.1) is 6.20 Å². The first-order valence-electron chi connectivity index (χ1n) is 5.21. The summed E-state index contributed by atoms with van der Waals surface area (Å²) in [5.74, 6) is 0.314. The molecule has 0 aliphatic heterocycles. The molecule has 1 heterocycles. The highest BCUT2D eigenvalue weighted by Crippen LogP contribution is 2.37. The third-order valence-corrected chi connectivity index (χ3v) is 2.61. The van der Waals surface area contributed by atoms with Crippen molar-refractivity contribution in [3.8, 4) is 11.5 Å². The average molecular weight is 217 g/mol. The number of aromatic nitrogens is 1. The minimum atomic E-state index is -0.195. The van der Waals surface area contributed by atoms with Crippen LogP contribution in [0.25, 0.3) is 10.9 Å². The number of phenolic OH excluding ortho intramolecular Hbond substituents is 1. The number of pyridine rings is 1. The Hall–Kier alpha value is -1.77. The lowest BCUT2D eigenvalue weighted by atomic mass is 9.84. The van der Waals surface area contributed by atoms with Crippen LogP contribution in [-0.4, -0.2) is 15.2 Å². The standard InChI is InChI=1S/C13H15NO2/c1-13(2,3)11-8-5-4-6-9(15)12(8)14-7-10(11)16/h4-7,15-16H,1-3H3. The second-order valence-corrected chi connectivity index (χ2v) is 4.94. The molecule has 0 bridgehead atoms. The highest BCUT2D eigenvalue weighted by atomic mass is 16.3. The Morgan fingerprint density at radius 2 is 1.75 bits per heavy atom. The van der Waals surface area contributed by atoms with E-state index in [-0.39, 0.29) is 16.9 Å². The van der Waals surface area contributed by atoms with Gasteiger partial charge in [0.25, 0.3) is 0 Å². The second kappa shape index (κ2) is 3.37. The van der Waals surface area contributed by atoms with Gasteiger partial charge in [-0.05, 0) is 11.5 Å². The van der Waals surface area contributed by atoms with Gasteiger partial charge in [-0.25, -0.2) is 4.98 Å². The SMILES string of the molecule is CC(C)(C)c1c(O)cnc2c(O)cccc12. The average Bonchev–Trinajstić information content (AvgIpc) is 2.15. The smallest absolute Gasteiger partial charge is 0.141 e. The van der Waals surface area contributed by atoms with Crippen LogP contribution in [0.4, 0.5) is 0 Å². The molecule has 0 unspecified atom stereocenters. The fourth-order valence-electron chi connectivity index (χ4n) is 1.99. The molecule has 0 amide bonds. The Morgan fingerprint density at radius 3 is 2.38 bits per heavy atom. The molecule has 84 valence electrons. The van der Waals surface area contributed by atoms with Crippen molar-refractivity contribution in [2.45, 2.75) is 26.2 Å². The highest BCUT2D eigenvalue weighted by Gasteiger charge is 2.22. The van der Waals surface area contributed by atoms with Crippen LogP contribution >= 0.6 is 0 Å². The summed E-state index contributed by atoms with van der Waals surface area (Å²) >= 11 is 0. The quantitative estimate of drug-likeness (QED) is 0.713. The van der Waals surface area contributed by atoms with Crippen LogP contribution in [0.5, 0.6) is 11.5 Å². The van der Waals surface area contributed by atoms with E-state index in [9.17, 15) is 10.2 Å². The molecule has 0 aliphatic rings. The maximum Gasteiger partial charge on any atom is 0.141 e. The van der Waals surface area contributed by atoms with Gasteiger partial charge >= 0.3 is 0 Å². The molecule has 0 saturated heterocycles. The fourth-order valence-corrected chi connectivity index (χ4v) is 1.99. The molecule has 2 aromatic rings. The van der Waals surface area contributed by atoms with Crippen molar-refractivity contribution < 1.29 is 10.2 Å². The number of aromatic hydroxyl groups is 2. The number of fused-ring (bicyclic) bond motifs is 1. The van der Waals surface area contributed by atoms with Gasteiger partial charge in [-0.1, -0.05) is 32.9 Å². The van der Waals surface area contributed by atoms with E-state index in [1.807, 2.05) is 26.8 Å². The predicted molar refractivity (Wildman–Crippen MR) is 63.8 cm³/mol. The van der Waals surface area contributed by atoms with Crippen LogP contribution in [0.3, 0.4) is 0 Å². The first kappa shape index (κ1) is 10.7. The number of para-hydroxylation sites is 1. The molecule has 0 aliphatic carbocycles. The van der Waals surface area contributed by atoms with Crippen molar-refractivity contribution in [1.82, 2.24) is 4.98 Å². The third-order valence-electron chi connectivity index (χ3n) is 2.61. The van der Waals surface area contributed by atoms with Gasteiger partial charge in [-0.3, -0.25) is 0 Å². The lowest BCUT2D eigenvalue weighted by Crippen LogP contribution is -2.12. The summed E-state index contributed by atoms with van der Waals surface area (Å²) in [6.07, 6.45) is 1.39. The summed E-state index contributed by atoms with van der Waals surface area (Å²) in [4.78, 5) is 4.05. The van der Waals surface area contributed by atoms with Crippen LogP contribution < -0.4 is 0 Å². The molecular formula is C13H15NO2. The van der Waals surface area contributed by atoms with E-state index >= 15 is 0 Å². The monoisotopic (exact) mass is 217 g/mol. The summed E-state index contributed by atoms with van der Waals surface area (Å²) in [5, 5.41) is 20.4. The molecule has 1 aromatic heterocycles. The van der Waals surface area contributed by atoms with Gasteiger partial charge in [0.1, 0.15) is 17.0 Å². The predicted octanol–water partition coefficient (Wildman–Crippen LogP) is 2.94. The molecule has 3 nitrogen and oxygen atoms in total. The van der Waals surface area contributed by atoms with Gasteiger partial charge in [-0.2, -0.15) is 0 Å². The number of benzene rings is 1. The van der Waals surface area contributed by atoms with Crippen molar-refractivity contribution >= 4 is 10.9 Å². The van der Waals surface area contributed by atoms with Crippen molar-refractivity contribution in [3.63, 3.8) is 0 Å². The molecule has 2 N–H and O–H groups in total. The lowest BCUT2D eigenvalue weighted by molar-refractivity contribution is 0.446. The number of rotatable bonds is 0. The second-order valence-electron chi connectivity index (χ2n) is 4.94. The normalized spacial score (nSPS) is 11.9. The zero-order valence-electron chi connectivity index (χ0n) is 9.65. The third kappa shape index (κ3) is 1.58. The van der Waals surface area contributed by atoms with Gasteiger partial charge < -0.3 is 10.2 Å². The van der Waals surface area contributed by atoms with E-state index in [0.29, 0.717) is 5.52 Å². The maximum atomic E-state index is 9.89. The van der Waals surface area contributed by atoms with Crippen LogP contribution in [0.15, 0.2) is 24.4 Å². The van der Waals surface area contributed by atoms with Gasteiger partial charge in [0.2, 0.25) is 0 Å². The molecule has 0 radical (unpaired) electrons. The maximum absolute atomic E-state index is 9.89. The number of hydrogen-bond donors (Lipinski definition) is 2. The van der Waals surface area contributed by atoms with Crippen molar-refractivity contribution in [2.75, 3.05) is 0 Å². The lowest BCUT2D eigenvalue weighted by Gasteiger charge is -2.22. The first-order valence-corrected chi connectivity index (χ1v) is 5.21. The molecule has 0 saturated carbocycles. The first-order chi connectivity index (χ1) is 7.41. The Morgan fingerprint density at radius 1 is 1.06 bits per heavy atom. The fraction of sp³-hybridized carbons (Fsp3) is 0.308. The van der Waals surface area contributed by atoms with E-state index in [0.717, 1.165) is 10.9 Å². The van der Waals surface area contributed by atoms with E-state index in [1.165, 1.54) is 6.20 Å². The van der Waals surface area contributed by atoms with E-state index in [1.54, 1.807) is 12.1 Å². The summed E-state index contributed by atoms with van der Waals surface area (Å²) < 4.78 is 0. The molecule has 0 fully saturated rings. The number of nitrogens with zero attached hydrogens (tertiary/aromatic N) is 1. The van der Waals surface area contributed by atoms with Gasteiger partial charge in [0, 0.05) is 10.9 Å². The minimum Gasteiger partial charge on any atom is -0.506 e. The summed E-state index contributed by atoms with van der Waals surface area (Å²) in [6.45, 7) is 6.06. The Bertz CT molecular complexity index is 541.